The Hall–Kier alpha value is -6.79. The van der Waals surface area contributed by atoms with Crippen LogP contribution in [0.15, 0.2) is 72.8 Å². The summed E-state index contributed by atoms with van der Waals surface area (Å²) in [5.74, 6) is -1.12. The largest absolute Gasteiger partial charge is 0.508 e. The Bertz CT molecular complexity index is 2350. The second-order valence-corrected chi connectivity index (χ2v) is 22.8. The quantitative estimate of drug-likeness (QED) is 0.0230. The summed E-state index contributed by atoms with van der Waals surface area (Å²) in [6.07, 6.45) is 4.33. The van der Waals surface area contributed by atoms with Crippen molar-refractivity contribution in [3.63, 3.8) is 0 Å². The van der Waals surface area contributed by atoms with E-state index in [2.05, 4.69) is 34.4 Å². The van der Waals surface area contributed by atoms with Crippen molar-refractivity contribution in [3.8, 4) is 0 Å². The van der Waals surface area contributed by atoms with Crippen LogP contribution >= 0.6 is 0 Å². The Morgan fingerprint density at radius 1 is 0.385 bits per heavy atom. The Balaban J connectivity index is 1.64. The summed E-state index contributed by atoms with van der Waals surface area (Å²) >= 11 is 0. The van der Waals surface area contributed by atoms with E-state index in [0.29, 0.717) is 25.7 Å². The number of ether oxygens (including phenoxy) is 8. The fraction of sp³-hybridized carbons (Fsp3) is 0.610. The van der Waals surface area contributed by atoms with Crippen molar-refractivity contribution >= 4 is 42.5 Å². The summed E-state index contributed by atoms with van der Waals surface area (Å²) in [5.41, 5.74) is -1.10. The van der Waals surface area contributed by atoms with Crippen LogP contribution in [0.3, 0.4) is 0 Å². The molecule has 78 heavy (non-hydrogen) atoms. The monoisotopic (exact) mass is 1090 g/mol. The van der Waals surface area contributed by atoms with Gasteiger partial charge in [-0.1, -0.05) is 87.4 Å². The zero-order chi connectivity index (χ0) is 59.0. The molecule has 2 aromatic rings. The molecular weight excluding hydrogens is 1000 g/mol. The standard InChI is InChI=1S/C59H90N4O15/c1-41(2)47(64)71-35-37-74-50(67)61-57(11,12)44-28-25-27-43(39-44)56(9,10)60-49(66)73-33-23-19-17-22-32-55(7,8)78-53(70)76-34-24-20-18-21-31-54(5,6)77-52(69)63-59(15,16)46-30-26-29-45(40-46)58(13,14)62-51(68)75-38-36-72-48(65)42(3)4/h25-30,39-40H,1,3,17-24,31-38H2,2,4-16H3,(H,60,66)(H,61,67)(H,62,68)(H,63,69). The minimum atomic E-state index is -0.839. The van der Waals surface area contributed by atoms with E-state index in [1.54, 1.807) is 0 Å². The van der Waals surface area contributed by atoms with Crippen LogP contribution in [0.25, 0.3) is 0 Å². The van der Waals surface area contributed by atoms with Gasteiger partial charge in [-0.25, -0.2) is 33.6 Å². The molecule has 0 fully saturated rings. The smallest absolute Gasteiger partial charge is 0.459 e. The van der Waals surface area contributed by atoms with E-state index in [4.69, 9.17) is 37.9 Å². The number of amides is 4. The lowest BCUT2D eigenvalue weighted by molar-refractivity contribution is -0.140. The van der Waals surface area contributed by atoms with Crippen LogP contribution in [0.2, 0.25) is 0 Å². The highest BCUT2D eigenvalue weighted by Crippen LogP contribution is 2.30. The summed E-state index contributed by atoms with van der Waals surface area (Å²) in [4.78, 5) is 86.6. The van der Waals surface area contributed by atoms with Gasteiger partial charge in [-0.15, -0.1) is 0 Å². The SMILES string of the molecule is C=C(C)C(=O)OCCOC(=O)NC(C)(C)c1cccc(C(C)(C)NC(=O)OCCCCCCC(C)(C)OC(=O)OCCCCCCC(C)(C)OC(=O)NC(C)(C)c2cccc(C(C)(C)NC(=O)OCCOC(=O)C(=C)C)c2)c1. The van der Waals surface area contributed by atoms with Crippen molar-refractivity contribution in [2.45, 2.75) is 194 Å². The van der Waals surface area contributed by atoms with Gasteiger partial charge in [-0.3, -0.25) is 0 Å². The Kier molecular flexibility index (Phi) is 26.7. The Morgan fingerprint density at radius 2 is 0.679 bits per heavy atom. The minimum Gasteiger partial charge on any atom is -0.459 e. The number of unbranched alkanes of at least 4 members (excludes halogenated alkanes) is 6. The van der Waals surface area contributed by atoms with E-state index in [1.165, 1.54) is 13.8 Å². The van der Waals surface area contributed by atoms with Crippen molar-refractivity contribution in [3.05, 3.63) is 95.1 Å². The van der Waals surface area contributed by atoms with E-state index in [9.17, 15) is 33.6 Å². The molecule has 0 aliphatic heterocycles. The van der Waals surface area contributed by atoms with Crippen molar-refractivity contribution in [1.82, 2.24) is 21.3 Å². The molecule has 0 atom stereocenters. The number of esters is 2. The summed E-state index contributed by atoms with van der Waals surface area (Å²) < 4.78 is 42.6. The first-order chi connectivity index (χ1) is 36.2. The minimum absolute atomic E-state index is 0.0930. The molecule has 19 nitrogen and oxygen atoms in total. The van der Waals surface area contributed by atoms with E-state index >= 15 is 0 Å². The van der Waals surface area contributed by atoms with Crippen molar-refractivity contribution in [2.75, 3.05) is 39.6 Å². The first-order valence-electron chi connectivity index (χ1n) is 26.8. The molecule has 0 radical (unpaired) electrons. The lowest BCUT2D eigenvalue weighted by Crippen LogP contribution is -2.45. The molecule has 2 aromatic carbocycles. The van der Waals surface area contributed by atoms with Crippen LogP contribution in [0.1, 0.15) is 183 Å². The third-order valence-corrected chi connectivity index (χ3v) is 12.6. The van der Waals surface area contributed by atoms with Gasteiger partial charge >= 0.3 is 42.5 Å². The van der Waals surface area contributed by atoms with Gasteiger partial charge < -0.3 is 59.2 Å². The van der Waals surface area contributed by atoms with Crippen molar-refractivity contribution in [1.29, 1.82) is 0 Å². The lowest BCUT2D eigenvalue weighted by atomic mass is 9.87. The van der Waals surface area contributed by atoms with Gasteiger partial charge in [0.1, 0.15) is 37.6 Å². The van der Waals surface area contributed by atoms with Gasteiger partial charge in [-0.05, 0) is 158 Å². The van der Waals surface area contributed by atoms with Gasteiger partial charge in [0.2, 0.25) is 0 Å². The maximum absolute atomic E-state index is 13.2. The fourth-order valence-corrected chi connectivity index (χ4v) is 7.76. The zero-order valence-corrected chi connectivity index (χ0v) is 49.0. The molecule has 0 unspecified atom stereocenters. The molecule has 19 heteroatoms. The predicted molar refractivity (Wildman–Crippen MR) is 296 cm³/mol. The molecule has 0 saturated carbocycles. The van der Waals surface area contributed by atoms with Gasteiger partial charge in [0.25, 0.3) is 0 Å². The first-order valence-corrected chi connectivity index (χ1v) is 26.8. The summed E-state index contributed by atoms with van der Waals surface area (Å²) in [6, 6.07) is 15.0. The highest BCUT2D eigenvalue weighted by Gasteiger charge is 2.32. The number of carbonyl (C=O) groups excluding carboxylic acids is 7. The Labute approximate surface area is 463 Å². The van der Waals surface area contributed by atoms with Gasteiger partial charge in [0.15, 0.2) is 0 Å². The number of carbonyl (C=O) groups is 7. The number of hydrogen-bond donors (Lipinski definition) is 4. The second-order valence-electron chi connectivity index (χ2n) is 22.8. The molecule has 4 amide bonds. The summed E-state index contributed by atoms with van der Waals surface area (Å²) in [5, 5.41) is 11.6. The topological polar surface area (TPSA) is 241 Å². The van der Waals surface area contributed by atoms with Crippen LogP contribution in [0.4, 0.5) is 24.0 Å². The molecular formula is C59H90N4O15. The van der Waals surface area contributed by atoms with Crippen LogP contribution in [-0.4, -0.2) is 93.3 Å². The summed E-state index contributed by atoms with van der Waals surface area (Å²) in [7, 11) is 0. The fourth-order valence-electron chi connectivity index (χ4n) is 7.76. The Morgan fingerprint density at radius 3 is 1.04 bits per heavy atom. The third-order valence-electron chi connectivity index (χ3n) is 12.6. The van der Waals surface area contributed by atoms with Crippen LogP contribution in [0.5, 0.6) is 0 Å². The highest BCUT2D eigenvalue weighted by molar-refractivity contribution is 5.87. The average Bonchev–Trinajstić information content (AvgIpc) is 3.32. The van der Waals surface area contributed by atoms with E-state index in [1.807, 2.05) is 132 Å². The molecule has 436 valence electrons. The van der Waals surface area contributed by atoms with Gasteiger partial charge in [-0.2, -0.15) is 0 Å². The molecule has 0 aliphatic rings. The van der Waals surface area contributed by atoms with E-state index in [-0.39, 0.29) is 50.8 Å². The maximum atomic E-state index is 13.2. The van der Waals surface area contributed by atoms with Crippen LogP contribution in [0, 0.1) is 0 Å². The molecule has 0 bridgehead atoms. The number of rotatable bonds is 32. The molecule has 0 heterocycles. The molecule has 0 aliphatic carbocycles. The van der Waals surface area contributed by atoms with Crippen molar-refractivity contribution in [2.24, 2.45) is 0 Å². The van der Waals surface area contributed by atoms with Crippen LogP contribution < -0.4 is 21.3 Å². The molecule has 2 rings (SSSR count). The first kappa shape index (κ1) is 67.3. The highest BCUT2D eigenvalue weighted by atomic mass is 16.7. The molecule has 4 N–H and O–H groups in total. The molecule has 0 aromatic heterocycles. The van der Waals surface area contributed by atoms with Gasteiger partial charge in [0, 0.05) is 11.1 Å². The normalized spacial score (nSPS) is 12.0. The van der Waals surface area contributed by atoms with Crippen molar-refractivity contribution < 1.29 is 71.5 Å². The number of nitrogens with one attached hydrogen (secondary N) is 4. The number of alkyl carbamates (subject to hydrolysis) is 4. The predicted octanol–water partition coefficient (Wildman–Crippen LogP) is 12.1. The maximum Gasteiger partial charge on any atom is 0.508 e. The zero-order valence-electron chi connectivity index (χ0n) is 49.0. The van der Waals surface area contributed by atoms with E-state index < -0.39 is 75.8 Å². The van der Waals surface area contributed by atoms with E-state index in [0.717, 1.165) is 60.8 Å². The number of hydrogen-bond acceptors (Lipinski definition) is 15. The number of benzene rings is 2. The molecule has 0 saturated heterocycles. The molecule has 0 spiro atoms. The average molecular weight is 1100 g/mol. The van der Waals surface area contributed by atoms with Crippen LogP contribution in [-0.2, 0) is 69.6 Å². The lowest BCUT2D eigenvalue weighted by Gasteiger charge is -2.32. The van der Waals surface area contributed by atoms with Gasteiger partial charge in [0.05, 0.1) is 35.4 Å². The third kappa shape index (κ3) is 26.0. The second kappa shape index (κ2) is 31.0. The summed E-state index contributed by atoms with van der Waals surface area (Å²) in [6.45, 7) is 32.3.